The molecule has 1 aliphatic rings. The Morgan fingerprint density at radius 2 is 2.80 bits per heavy atom. The van der Waals surface area contributed by atoms with Crippen molar-refractivity contribution in [1.82, 2.24) is 0 Å². The summed E-state index contributed by atoms with van der Waals surface area (Å²) in [5.41, 5.74) is 1.62. The molecule has 1 rings (SSSR count). The van der Waals surface area contributed by atoms with E-state index in [4.69, 9.17) is 0 Å². The van der Waals surface area contributed by atoms with Crippen LogP contribution in [0.1, 0.15) is 0 Å². The van der Waals surface area contributed by atoms with Crippen molar-refractivity contribution in [3.63, 3.8) is 0 Å². The van der Waals surface area contributed by atoms with Crippen molar-refractivity contribution in [2.75, 3.05) is 0 Å². The van der Waals surface area contributed by atoms with Crippen molar-refractivity contribution in [2.24, 2.45) is 5.16 Å². The molecule has 27 valence electrons. The van der Waals surface area contributed by atoms with Crippen LogP contribution in [-0.2, 0) is 4.84 Å². The number of oxime groups is 1. The fourth-order valence-electron chi connectivity index (χ4n) is 0.124. The molecule has 0 aromatic carbocycles. The van der Waals surface area contributed by atoms with Gasteiger partial charge in [-0.05, 0) is 0 Å². The third-order valence-corrected chi connectivity index (χ3v) is 0.668. The molecule has 0 aromatic heterocycles. The summed E-state index contributed by atoms with van der Waals surface area (Å²) in [5, 5.41) is 3.37. The lowest BCUT2D eigenvalue weighted by molar-refractivity contribution is 0.256. The average molecular weight is 88.1 g/mol. The molecule has 0 aromatic rings. The van der Waals surface area contributed by atoms with Crippen LogP contribution >= 0.6 is 11.8 Å². The zero-order chi connectivity index (χ0) is 3.54. The average Bonchev–Trinajstić information content (AvgIpc) is 1.76. The predicted molar refractivity (Wildman–Crippen MR) is 21.5 cm³/mol. The van der Waals surface area contributed by atoms with Crippen LogP contribution in [-0.4, -0.2) is 5.55 Å². The highest BCUT2D eigenvalue weighted by Crippen LogP contribution is 2.08. The Balaban J connectivity index is 2.32. The van der Waals surface area contributed by atoms with Crippen molar-refractivity contribution in [3.05, 3.63) is 5.94 Å². The predicted octanol–water partition coefficient (Wildman–Crippen LogP) is 0.812. The fourth-order valence-corrected chi connectivity index (χ4v) is 0.373. The van der Waals surface area contributed by atoms with Gasteiger partial charge in [0.15, 0.2) is 0 Å². The van der Waals surface area contributed by atoms with Gasteiger partial charge in [0.25, 0.3) is 0 Å². The van der Waals surface area contributed by atoms with Crippen LogP contribution in [0.5, 0.6) is 0 Å². The molecule has 1 heterocycles. The molecule has 0 bridgehead atoms. The Hall–Kier alpha value is -0.180. The second kappa shape index (κ2) is 1.31. The van der Waals surface area contributed by atoms with E-state index in [0.717, 1.165) is 0 Å². The lowest BCUT2D eigenvalue weighted by atomic mass is 11.7. The lowest BCUT2D eigenvalue weighted by Crippen LogP contribution is -1.53. The van der Waals surface area contributed by atoms with Crippen LogP contribution < -0.4 is 0 Å². The monoisotopic (exact) mass is 88.0 g/mol. The molecule has 3 heteroatoms. The summed E-state index contributed by atoms with van der Waals surface area (Å²) in [4.78, 5) is 4.35. The van der Waals surface area contributed by atoms with E-state index in [0.29, 0.717) is 0 Å². The first-order valence-corrected chi connectivity index (χ1v) is 2.09. The summed E-state index contributed by atoms with van der Waals surface area (Å²) in [6.07, 6.45) is 0. The van der Waals surface area contributed by atoms with E-state index in [1.165, 1.54) is 11.8 Å². The first kappa shape index (κ1) is 3.03. The third-order valence-electron chi connectivity index (χ3n) is 0.263. The molecule has 0 fully saturated rings. The normalized spacial score (nSPS) is 19.2. The van der Waals surface area contributed by atoms with Crippen molar-refractivity contribution in [3.8, 4) is 0 Å². The summed E-state index contributed by atoms with van der Waals surface area (Å²) in [5.74, 6) is 1.56. The maximum atomic E-state index is 4.35. The minimum absolute atomic E-state index is 1.44. The highest BCUT2D eigenvalue weighted by Gasteiger charge is 1.88. The molecular formula is C2H2NOS. The van der Waals surface area contributed by atoms with Crippen molar-refractivity contribution in [1.29, 1.82) is 0 Å². The number of thioether (sulfide) groups is 1. The molecule has 0 amide bonds. The van der Waals surface area contributed by atoms with Gasteiger partial charge in [0, 0.05) is 0 Å². The molecule has 2 nitrogen and oxygen atoms in total. The minimum Gasteiger partial charge on any atom is -0.375 e. The molecule has 0 N–H and O–H groups in total. The van der Waals surface area contributed by atoms with Gasteiger partial charge < -0.3 is 4.84 Å². The number of hydrogen-bond donors (Lipinski definition) is 0. The van der Waals surface area contributed by atoms with Gasteiger partial charge in [0.1, 0.15) is 5.55 Å². The quantitative estimate of drug-likeness (QED) is 0.437. The zero-order valence-corrected chi connectivity index (χ0v) is 3.23. The van der Waals surface area contributed by atoms with Gasteiger partial charge in [-0.25, -0.2) is 0 Å². The van der Waals surface area contributed by atoms with Gasteiger partial charge in [-0.15, -0.1) is 0 Å². The second-order valence-electron chi connectivity index (χ2n) is 0.549. The van der Waals surface area contributed by atoms with Crippen molar-refractivity contribution in [2.45, 2.75) is 0 Å². The molecule has 0 atom stereocenters. The summed E-state index contributed by atoms with van der Waals surface area (Å²) >= 11 is 1.44. The van der Waals surface area contributed by atoms with E-state index in [1.807, 2.05) is 0 Å². The van der Waals surface area contributed by atoms with Gasteiger partial charge in [0.2, 0.25) is 5.94 Å². The van der Waals surface area contributed by atoms with E-state index in [9.17, 15) is 0 Å². The maximum absolute atomic E-state index is 4.35. The molecule has 0 saturated heterocycles. The van der Waals surface area contributed by atoms with E-state index < -0.39 is 0 Å². The SMILES string of the molecule is [CH]1ON=CS1. The highest BCUT2D eigenvalue weighted by atomic mass is 32.2. The van der Waals surface area contributed by atoms with Crippen LogP contribution in [0.2, 0.25) is 0 Å². The molecule has 1 radical (unpaired) electrons. The zero-order valence-electron chi connectivity index (χ0n) is 2.42. The molecule has 5 heavy (non-hydrogen) atoms. The molecule has 1 aliphatic heterocycles. The summed E-state index contributed by atoms with van der Waals surface area (Å²) in [6, 6.07) is 0. The molecule has 0 saturated carbocycles. The Bertz CT molecular complexity index is 47.6. The molecule has 0 aliphatic carbocycles. The van der Waals surface area contributed by atoms with Crippen LogP contribution in [0, 0.1) is 5.94 Å². The van der Waals surface area contributed by atoms with Crippen LogP contribution in [0.4, 0.5) is 0 Å². The highest BCUT2D eigenvalue weighted by molar-refractivity contribution is 8.13. The second-order valence-corrected chi connectivity index (χ2v) is 1.22. The topological polar surface area (TPSA) is 21.6 Å². The summed E-state index contributed by atoms with van der Waals surface area (Å²) in [7, 11) is 0. The standard InChI is InChI=1S/C2H2NOS/c1-3-4-2-5-1/h1-2H. The molecule has 0 unspecified atom stereocenters. The van der Waals surface area contributed by atoms with Gasteiger partial charge in [-0.3, -0.25) is 0 Å². The number of rotatable bonds is 0. The van der Waals surface area contributed by atoms with Crippen LogP contribution in [0.3, 0.4) is 0 Å². The number of hydrogen-bond acceptors (Lipinski definition) is 3. The van der Waals surface area contributed by atoms with Crippen molar-refractivity contribution >= 4 is 17.3 Å². The van der Waals surface area contributed by atoms with Gasteiger partial charge in [-0.2, -0.15) is 0 Å². The Kier molecular flexibility index (Phi) is 0.792. The van der Waals surface area contributed by atoms with Crippen LogP contribution in [0.15, 0.2) is 5.16 Å². The Labute approximate surface area is 34.2 Å². The van der Waals surface area contributed by atoms with E-state index in [1.54, 1.807) is 11.5 Å². The van der Waals surface area contributed by atoms with Gasteiger partial charge in [0.05, 0.1) is 0 Å². The summed E-state index contributed by atoms with van der Waals surface area (Å²) < 4.78 is 0. The smallest absolute Gasteiger partial charge is 0.227 e. The van der Waals surface area contributed by atoms with E-state index in [2.05, 4.69) is 9.99 Å². The van der Waals surface area contributed by atoms with Gasteiger partial charge >= 0.3 is 0 Å². The molecule has 0 spiro atoms. The fraction of sp³-hybridized carbons (Fsp3) is 0. The van der Waals surface area contributed by atoms with Crippen LogP contribution in [0.25, 0.3) is 0 Å². The lowest BCUT2D eigenvalue weighted by Gasteiger charge is -1.72. The van der Waals surface area contributed by atoms with Crippen molar-refractivity contribution < 1.29 is 4.84 Å². The first-order valence-electron chi connectivity index (χ1n) is 1.15. The Morgan fingerprint density at radius 1 is 1.80 bits per heavy atom. The Morgan fingerprint density at radius 3 is 3.00 bits per heavy atom. The third kappa shape index (κ3) is 0.545. The van der Waals surface area contributed by atoms with E-state index in [-0.39, 0.29) is 0 Å². The summed E-state index contributed by atoms with van der Waals surface area (Å²) in [6.45, 7) is 0. The van der Waals surface area contributed by atoms with E-state index >= 15 is 0 Å². The first-order chi connectivity index (χ1) is 2.50. The largest absolute Gasteiger partial charge is 0.375 e. The minimum atomic E-state index is 1.44. The number of nitrogens with zero attached hydrogens (tertiary/aromatic N) is 1. The van der Waals surface area contributed by atoms with Gasteiger partial charge in [-0.1, -0.05) is 16.9 Å². The molecular weight excluding hydrogens is 86.1 g/mol. The maximum Gasteiger partial charge on any atom is 0.227 e.